The number of nitrogens with one attached hydrogen (secondary N) is 1. The van der Waals surface area contributed by atoms with Gasteiger partial charge >= 0.3 is 0 Å². The van der Waals surface area contributed by atoms with E-state index in [4.69, 9.17) is 0 Å². The molecule has 1 aromatic rings. The summed E-state index contributed by atoms with van der Waals surface area (Å²) in [7, 11) is 0. The predicted molar refractivity (Wildman–Crippen MR) is 67.7 cm³/mol. The number of rotatable bonds is 8. The quantitative estimate of drug-likeness (QED) is 0.711. The number of hydrogen-bond donors (Lipinski definition) is 2. The van der Waals surface area contributed by atoms with Gasteiger partial charge in [0.2, 0.25) is 5.91 Å². The number of carbonyl (C=O) groups is 1. The zero-order chi connectivity index (χ0) is 13.4. The van der Waals surface area contributed by atoms with Crippen LogP contribution in [0.1, 0.15) is 33.1 Å². The van der Waals surface area contributed by atoms with Crippen molar-refractivity contribution < 1.29 is 9.90 Å². The molecule has 1 amide bonds. The van der Waals surface area contributed by atoms with E-state index in [0.29, 0.717) is 25.9 Å². The van der Waals surface area contributed by atoms with E-state index in [2.05, 4.69) is 15.6 Å². The molecule has 0 spiro atoms. The van der Waals surface area contributed by atoms with Crippen molar-refractivity contribution in [2.75, 3.05) is 6.54 Å². The van der Waals surface area contributed by atoms with Gasteiger partial charge in [-0.3, -0.25) is 9.48 Å². The zero-order valence-corrected chi connectivity index (χ0v) is 11.0. The van der Waals surface area contributed by atoms with E-state index in [1.54, 1.807) is 17.1 Å². The Morgan fingerprint density at radius 3 is 2.89 bits per heavy atom. The van der Waals surface area contributed by atoms with Crippen molar-refractivity contribution in [2.45, 2.75) is 45.8 Å². The van der Waals surface area contributed by atoms with Gasteiger partial charge in [0.05, 0.1) is 12.3 Å². The number of carbonyl (C=O) groups excluding carboxylic acids is 1. The van der Waals surface area contributed by atoms with E-state index in [-0.39, 0.29) is 17.9 Å². The van der Waals surface area contributed by atoms with Crippen LogP contribution in [0.25, 0.3) is 0 Å². The number of nitrogens with zero attached hydrogens (tertiary/aromatic N) is 3. The Balaban J connectivity index is 2.04. The molecule has 1 atom stereocenters. The molecule has 0 saturated heterocycles. The minimum absolute atomic E-state index is 0.0195. The van der Waals surface area contributed by atoms with Gasteiger partial charge in [-0.05, 0) is 18.8 Å². The third kappa shape index (κ3) is 5.77. The van der Waals surface area contributed by atoms with Crippen LogP contribution < -0.4 is 5.32 Å². The molecule has 0 aliphatic carbocycles. The lowest BCUT2D eigenvalue weighted by Gasteiger charge is -2.14. The van der Waals surface area contributed by atoms with Crippen LogP contribution >= 0.6 is 0 Å². The van der Waals surface area contributed by atoms with Crippen LogP contribution in [0, 0.1) is 5.92 Å². The number of aryl methyl sites for hydroxylation is 1. The highest BCUT2D eigenvalue weighted by molar-refractivity contribution is 5.75. The molecule has 6 heteroatoms. The van der Waals surface area contributed by atoms with Gasteiger partial charge in [-0.25, -0.2) is 0 Å². The highest BCUT2D eigenvalue weighted by Crippen LogP contribution is 2.04. The molecule has 0 saturated carbocycles. The molecular weight excluding hydrogens is 232 g/mol. The van der Waals surface area contributed by atoms with Crippen LogP contribution in [0.5, 0.6) is 0 Å². The van der Waals surface area contributed by atoms with Crippen molar-refractivity contribution >= 4 is 5.91 Å². The number of aromatic nitrogens is 3. The van der Waals surface area contributed by atoms with Crippen molar-refractivity contribution in [3.8, 4) is 0 Å². The van der Waals surface area contributed by atoms with E-state index < -0.39 is 0 Å². The largest absolute Gasteiger partial charge is 0.393 e. The average Bonchev–Trinajstić information content (AvgIpc) is 2.81. The molecule has 0 radical (unpaired) electrons. The maximum absolute atomic E-state index is 11.5. The van der Waals surface area contributed by atoms with Crippen LogP contribution in [-0.4, -0.2) is 38.7 Å². The fraction of sp³-hybridized carbons (Fsp3) is 0.750. The third-order valence-electron chi connectivity index (χ3n) is 2.79. The summed E-state index contributed by atoms with van der Waals surface area (Å²) in [6, 6.07) is 0. The minimum atomic E-state index is -0.347. The first-order valence-electron chi connectivity index (χ1n) is 6.38. The van der Waals surface area contributed by atoms with Crippen LogP contribution in [0.2, 0.25) is 0 Å². The number of amides is 1. The second-order valence-electron chi connectivity index (χ2n) is 4.72. The van der Waals surface area contributed by atoms with Crippen LogP contribution in [-0.2, 0) is 11.3 Å². The Hall–Kier alpha value is -1.43. The van der Waals surface area contributed by atoms with Crippen molar-refractivity contribution in [1.29, 1.82) is 0 Å². The van der Waals surface area contributed by atoms with E-state index in [9.17, 15) is 9.90 Å². The molecule has 0 aliphatic heterocycles. The van der Waals surface area contributed by atoms with Crippen molar-refractivity contribution in [3.63, 3.8) is 0 Å². The molecule has 1 heterocycles. The minimum Gasteiger partial charge on any atom is -0.393 e. The van der Waals surface area contributed by atoms with Gasteiger partial charge in [0.1, 0.15) is 0 Å². The smallest absolute Gasteiger partial charge is 0.220 e. The lowest BCUT2D eigenvalue weighted by Crippen LogP contribution is -2.28. The maximum Gasteiger partial charge on any atom is 0.220 e. The summed E-state index contributed by atoms with van der Waals surface area (Å²) in [5.74, 6) is 0.250. The Morgan fingerprint density at radius 2 is 2.28 bits per heavy atom. The topological polar surface area (TPSA) is 80.0 Å². The maximum atomic E-state index is 11.5. The molecule has 0 aromatic carbocycles. The van der Waals surface area contributed by atoms with Gasteiger partial charge < -0.3 is 10.4 Å². The van der Waals surface area contributed by atoms with Crippen LogP contribution in [0.3, 0.4) is 0 Å². The first-order chi connectivity index (χ1) is 8.59. The van der Waals surface area contributed by atoms with Gasteiger partial charge in [-0.2, -0.15) is 0 Å². The highest BCUT2D eigenvalue weighted by Gasteiger charge is 2.09. The van der Waals surface area contributed by atoms with Gasteiger partial charge in [-0.1, -0.05) is 19.1 Å². The van der Waals surface area contributed by atoms with E-state index in [0.717, 1.165) is 6.42 Å². The Kier molecular flexibility index (Phi) is 6.35. The Labute approximate surface area is 107 Å². The van der Waals surface area contributed by atoms with Gasteiger partial charge in [0.15, 0.2) is 0 Å². The first kappa shape index (κ1) is 14.6. The second-order valence-corrected chi connectivity index (χ2v) is 4.72. The lowest BCUT2D eigenvalue weighted by molar-refractivity contribution is -0.121. The second kappa shape index (κ2) is 7.81. The summed E-state index contributed by atoms with van der Waals surface area (Å²) in [6.45, 7) is 5.15. The molecule has 102 valence electrons. The lowest BCUT2D eigenvalue weighted by atomic mass is 10.0. The summed E-state index contributed by atoms with van der Waals surface area (Å²) >= 11 is 0. The predicted octanol–water partition coefficient (Wildman–Crippen LogP) is 0.581. The summed E-state index contributed by atoms with van der Waals surface area (Å²) in [4.78, 5) is 11.5. The normalized spacial score (nSPS) is 12.7. The summed E-state index contributed by atoms with van der Waals surface area (Å²) in [6.07, 6.45) is 4.86. The monoisotopic (exact) mass is 254 g/mol. The molecular formula is C12H22N4O2. The fourth-order valence-electron chi connectivity index (χ4n) is 1.53. The molecule has 18 heavy (non-hydrogen) atoms. The summed E-state index contributed by atoms with van der Waals surface area (Å²) in [5, 5.41) is 19.9. The SMILES string of the molecule is CC(C)C(O)CCNC(=O)CCCn1ccnn1. The molecule has 0 bridgehead atoms. The van der Waals surface area contributed by atoms with Gasteiger partial charge in [0.25, 0.3) is 0 Å². The van der Waals surface area contributed by atoms with Crippen molar-refractivity contribution in [2.24, 2.45) is 5.92 Å². The molecule has 1 rings (SSSR count). The van der Waals surface area contributed by atoms with Gasteiger partial charge in [0, 0.05) is 25.7 Å². The molecule has 1 unspecified atom stereocenters. The van der Waals surface area contributed by atoms with Crippen LogP contribution in [0.4, 0.5) is 0 Å². The standard InChI is InChI=1S/C12H22N4O2/c1-10(2)11(17)5-6-13-12(18)4-3-8-16-9-7-14-15-16/h7,9-11,17H,3-6,8H2,1-2H3,(H,13,18). The summed E-state index contributed by atoms with van der Waals surface area (Å²) < 4.78 is 1.70. The molecule has 0 fully saturated rings. The van der Waals surface area contributed by atoms with E-state index in [1.807, 2.05) is 13.8 Å². The molecule has 6 nitrogen and oxygen atoms in total. The fourth-order valence-corrected chi connectivity index (χ4v) is 1.53. The Morgan fingerprint density at radius 1 is 1.50 bits per heavy atom. The van der Waals surface area contributed by atoms with E-state index in [1.165, 1.54) is 0 Å². The van der Waals surface area contributed by atoms with Crippen LogP contribution in [0.15, 0.2) is 12.4 Å². The molecule has 1 aromatic heterocycles. The van der Waals surface area contributed by atoms with Crippen molar-refractivity contribution in [1.82, 2.24) is 20.3 Å². The van der Waals surface area contributed by atoms with Gasteiger partial charge in [-0.15, -0.1) is 5.10 Å². The van der Waals surface area contributed by atoms with Crippen molar-refractivity contribution in [3.05, 3.63) is 12.4 Å². The number of aliphatic hydroxyl groups is 1. The number of hydrogen-bond acceptors (Lipinski definition) is 4. The number of aliphatic hydroxyl groups excluding tert-OH is 1. The first-order valence-corrected chi connectivity index (χ1v) is 6.38. The average molecular weight is 254 g/mol. The van der Waals surface area contributed by atoms with E-state index >= 15 is 0 Å². The third-order valence-corrected chi connectivity index (χ3v) is 2.79. The highest BCUT2D eigenvalue weighted by atomic mass is 16.3. The zero-order valence-electron chi connectivity index (χ0n) is 11.0. The Bertz CT molecular complexity index is 338. The molecule has 0 aliphatic rings. The molecule has 2 N–H and O–H groups in total. The summed E-state index contributed by atoms with van der Waals surface area (Å²) in [5.41, 5.74) is 0.